The lowest BCUT2D eigenvalue weighted by Crippen LogP contribution is -2.00. The van der Waals surface area contributed by atoms with Gasteiger partial charge in [-0.25, -0.2) is 0 Å². The predicted octanol–water partition coefficient (Wildman–Crippen LogP) is 4.09. The van der Waals surface area contributed by atoms with Crippen LogP contribution < -0.4 is 0 Å². The Labute approximate surface area is 110 Å². The third-order valence-electron chi connectivity index (χ3n) is 2.90. The molecule has 0 radical (unpaired) electrons. The average Bonchev–Trinajstić information content (AvgIpc) is 2.39. The average molecular weight is 291 g/mol. The smallest absolute Gasteiger partial charge is 0.105 e. The van der Waals surface area contributed by atoms with E-state index in [1.807, 2.05) is 36.4 Å². The highest BCUT2D eigenvalue weighted by atomic mass is 79.9. The molecule has 0 amide bonds. The Morgan fingerprint density at radius 3 is 2.29 bits per heavy atom. The maximum absolute atomic E-state index is 10.3. The summed E-state index contributed by atoms with van der Waals surface area (Å²) in [5.41, 5.74) is 3.11. The maximum Gasteiger partial charge on any atom is 0.105 e. The van der Waals surface area contributed by atoms with Crippen molar-refractivity contribution >= 4 is 15.9 Å². The van der Waals surface area contributed by atoms with Gasteiger partial charge in [0.15, 0.2) is 0 Å². The van der Waals surface area contributed by atoms with Gasteiger partial charge in [-0.2, -0.15) is 0 Å². The third kappa shape index (κ3) is 2.76. The number of aliphatic hydroxyl groups excluding tert-OH is 1. The van der Waals surface area contributed by atoms with E-state index in [0.29, 0.717) is 0 Å². The first kappa shape index (κ1) is 12.3. The van der Waals surface area contributed by atoms with Crippen molar-refractivity contribution in [2.45, 2.75) is 19.4 Å². The molecule has 88 valence electrons. The molecule has 2 aromatic rings. The summed E-state index contributed by atoms with van der Waals surface area (Å²) in [6.45, 7) is 2.12. The first-order valence-corrected chi connectivity index (χ1v) is 6.53. The number of halogens is 1. The zero-order valence-electron chi connectivity index (χ0n) is 9.73. The molecular weight excluding hydrogens is 276 g/mol. The fourth-order valence-electron chi connectivity index (χ4n) is 1.81. The summed E-state index contributed by atoms with van der Waals surface area (Å²) in [5, 5.41) is 10.3. The Kier molecular flexibility index (Phi) is 3.97. The molecule has 1 N–H and O–H groups in total. The van der Waals surface area contributed by atoms with E-state index >= 15 is 0 Å². The van der Waals surface area contributed by atoms with Gasteiger partial charge in [0.05, 0.1) is 0 Å². The van der Waals surface area contributed by atoms with Crippen LogP contribution in [0.25, 0.3) is 0 Å². The minimum absolute atomic E-state index is 0.573. The summed E-state index contributed by atoms with van der Waals surface area (Å²) in [6, 6.07) is 15.9. The summed E-state index contributed by atoms with van der Waals surface area (Å²) < 4.78 is 0.937. The molecule has 0 aromatic heterocycles. The Balaban J connectivity index is 2.30. The van der Waals surface area contributed by atoms with E-state index in [4.69, 9.17) is 0 Å². The number of aliphatic hydroxyl groups is 1. The van der Waals surface area contributed by atoms with Gasteiger partial charge in [0.2, 0.25) is 0 Å². The van der Waals surface area contributed by atoms with E-state index in [1.165, 1.54) is 5.56 Å². The highest BCUT2D eigenvalue weighted by Crippen LogP contribution is 2.28. The minimum Gasteiger partial charge on any atom is -0.384 e. The highest BCUT2D eigenvalue weighted by Gasteiger charge is 2.12. The molecule has 17 heavy (non-hydrogen) atoms. The second kappa shape index (κ2) is 5.48. The summed E-state index contributed by atoms with van der Waals surface area (Å²) in [4.78, 5) is 0. The molecule has 0 heterocycles. The van der Waals surface area contributed by atoms with Crippen LogP contribution in [0.5, 0.6) is 0 Å². The molecule has 0 aliphatic carbocycles. The zero-order chi connectivity index (χ0) is 12.3. The van der Waals surface area contributed by atoms with Crippen LogP contribution in [0.4, 0.5) is 0 Å². The Hall–Kier alpha value is -1.12. The molecule has 0 saturated heterocycles. The topological polar surface area (TPSA) is 20.2 Å². The highest BCUT2D eigenvalue weighted by molar-refractivity contribution is 9.10. The van der Waals surface area contributed by atoms with Gasteiger partial charge in [0.1, 0.15) is 6.10 Å². The molecule has 2 heteroatoms. The summed E-state index contributed by atoms with van der Waals surface area (Å²) in [6.07, 6.45) is 0.447. The zero-order valence-corrected chi connectivity index (χ0v) is 11.3. The molecule has 0 saturated carbocycles. The van der Waals surface area contributed by atoms with Gasteiger partial charge in [-0.3, -0.25) is 0 Å². The lowest BCUT2D eigenvalue weighted by Gasteiger charge is -2.13. The van der Waals surface area contributed by atoms with Crippen LogP contribution in [0.2, 0.25) is 0 Å². The number of benzene rings is 2. The fourth-order valence-corrected chi connectivity index (χ4v) is 2.31. The van der Waals surface area contributed by atoms with E-state index in [-0.39, 0.29) is 0 Å². The van der Waals surface area contributed by atoms with E-state index in [0.717, 1.165) is 22.0 Å². The number of rotatable bonds is 3. The van der Waals surface area contributed by atoms with Crippen molar-refractivity contribution in [1.29, 1.82) is 0 Å². The van der Waals surface area contributed by atoms with Gasteiger partial charge in [-0.15, -0.1) is 0 Å². The second-order valence-corrected chi connectivity index (χ2v) is 4.87. The predicted molar refractivity (Wildman–Crippen MR) is 74.0 cm³/mol. The molecule has 0 bridgehead atoms. The van der Waals surface area contributed by atoms with Crippen LogP contribution in [-0.2, 0) is 6.42 Å². The molecule has 0 spiro atoms. The number of hydrogen-bond acceptors (Lipinski definition) is 1. The van der Waals surface area contributed by atoms with Crippen LogP contribution in [-0.4, -0.2) is 5.11 Å². The molecule has 2 rings (SSSR count). The van der Waals surface area contributed by atoms with Crippen LogP contribution in [0.15, 0.2) is 53.0 Å². The second-order valence-electron chi connectivity index (χ2n) is 4.02. The molecular formula is C15H15BrO. The van der Waals surface area contributed by atoms with E-state index in [1.54, 1.807) is 0 Å². The first-order valence-electron chi connectivity index (χ1n) is 5.73. The molecule has 0 fully saturated rings. The quantitative estimate of drug-likeness (QED) is 0.903. The van der Waals surface area contributed by atoms with Gasteiger partial charge in [0, 0.05) is 4.47 Å². The van der Waals surface area contributed by atoms with Crippen molar-refractivity contribution in [3.8, 4) is 0 Å². The largest absolute Gasteiger partial charge is 0.384 e. The van der Waals surface area contributed by atoms with Gasteiger partial charge in [-0.05, 0) is 29.2 Å². The van der Waals surface area contributed by atoms with Crippen molar-refractivity contribution in [3.05, 3.63) is 69.7 Å². The number of aryl methyl sites for hydroxylation is 1. The van der Waals surface area contributed by atoms with Gasteiger partial charge < -0.3 is 5.11 Å². The number of hydrogen-bond donors (Lipinski definition) is 1. The van der Waals surface area contributed by atoms with Gasteiger partial charge in [-0.1, -0.05) is 65.3 Å². The standard InChI is InChI=1S/C15H15BrO/c1-2-11-7-9-12(10-8-11)15(17)13-5-3-4-6-14(13)16/h3-10,15,17H,2H2,1H3/t15-/m0/s1. The Morgan fingerprint density at radius 1 is 1.06 bits per heavy atom. The maximum atomic E-state index is 10.3. The van der Waals surface area contributed by atoms with Crippen molar-refractivity contribution < 1.29 is 5.11 Å². The van der Waals surface area contributed by atoms with Crippen molar-refractivity contribution in [2.24, 2.45) is 0 Å². The summed E-state index contributed by atoms with van der Waals surface area (Å²) in [7, 11) is 0. The molecule has 0 aliphatic rings. The summed E-state index contributed by atoms with van der Waals surface area (Å²) >= 11 is 3.46. The molecule has 0 aliphatic heterocycles. The Morgan fingerprint density at radius 2 is 1.71 bits per heavy atom. The fraction of sp³-hybridized carbons (Fsp3) is 0.200. The van der Waals surface area contributed by atoms with Crippen molar-refractivity contribution in [3.63, 3.8) is 0 Å². The van der Waals surface area contributed by atoms with Crippen LogP contribution >= 0.6 is 15.9 Å². The lowest BCUT2D eigenvalue weighted by molar-refractivity contribution is 0.219. The van der Waals surface area contributed by atoms with E-state index < -0.39 is 6.10 Å². The molecule has 1 nitrogen and oxygen atoms in total. The van der Waals surface area contributed by atoms with E-state index in [2.05, 4.69) is 35.0 Å². The van der Waals surface area contributed by atoms with Crippen LogP contribution in [0.3, 0.4) is 0 Å². The molecule has 2 aromatic carbocycles. The third-order valence-corrected chi connectivity index (χ3v) is 3.63. The lowest BCUT2D eigenvalue weighted by atomic mass is 10.00. The van der Waals surface area contributed by atoms with Crippen molar-refractivity contribution in [2.75, 3.05) is 0 Å². The molecule has 1 atom stereocenters. The van der Waals surface area contributed by atoms with Gasteiger partial charge in [0.25, 0.3) is 0 Å². The summed E-state index contributed by atoms with van der Waals surface area (Å²) in [5.74, 6) is 0. The minimum atomic E-state index is -0.573. The first-order chi connectivity index (χ1) is 8.22. The monoisotopic (exact) mass is 290 g/mol. The van der Waals surface area contributed by atoms with Gasteiger partial charge >= 0.3 is 0 Å². The van der Waals surface area contributed by atoms with Crippen molar-refractivity contribution in [1.82, 2.24) is 0 Å². The Bertz CT molecular complexity index is 491. The van der Waals surface area contributed by atoms with E-state index in [9.17, 15) is 5.11 Å². The normalized spacial score (nSPS) is 12.4. The van der Waals surface area contributed by atoms with Crippen LogP contribution in [0, 0.1) is 0 Å². The molecule has 0 unspecified atom stereocenters. The van der Waals surface area contributed by atoms with Crippen LogP contribution in [0.1, 0.15) is 29.7 Å². The SMILES string of the molecule is CCc1ccc([C@H](O)c2ccccc2Br)cc1.